The number of hydrogen-bond donors (Lipinski definition) is 2. The molecule has 0 aliphatic heterocycles. The summed E-state index contributed by atoms with van der Waals surface area (Å²) in [6, 6.07) is 13.6. The first kappa shape index (κ1) is 16.7. The highest BCUT2D eigenvalue weighted by molar-refractivity contribution is 5.52. The third-order valence-electron chi connectivity index (χ3n) is 3.54. The Bertz CT molecular complexity index is 674. The summed E-state index contributed by atoms with van der Waals surface area (Å²) in [5.41, 5.74) is 2.80. The Hall–Kier alpha value is -2.64. The number of methoxy groups -OCH3 is 1. The zero-order valence-corrected chi connectivity index (χ0v) is 13.4. The lowest BCUT2D eigenvalue weighted by Crippen LogP contribution is -2.07. The first-order valence-electron chi connectivity index (χ1n) is 7.38. The number of rotatable bonds is 7. The number of hydrogen-bond acceptors (Lipinski definition) is 4. The molecule has 2 rings (SSSR count). The van der Waals surface area contributed by atoms with Crippen LogP contribution in [0.15, 0.2) is 42.5 Å². The van der Waals surface area contributed by atoms with Gasteiger partial charge in [0.1, 0.15) is 18.1 Å². The molecule has 2 aromatic rings. The van der Waals surface area contributed by atoms with Crippen molar-refractivity contribution >= 4 is 5.69 Å². The smallest absolute Gasteiger partial charge is 0.148 e. The van der Waals surface area contributed by atoms with Gasteiger partial charge in [-0.2, -0.15) is 0 Å². The molecule has 0 spiro atoms. The summed E-state index contributed by atoms with van der Waals surface area (Å²) in [4.78, 5) is 0. The highest BCUT2D eigenvalue weighted by Gasteiger charge is 2.08. The van der Waals surface area contributed by atoms with Gasteiger partial charge in [-0.3, -0.25) is 0 Å². The van der Waals surface area contributed by atoms with Crippen molar-refractivity contribution < 1.29 is 14.6 Å². The van der Waals surface area contributed by atoms with Crippen LogP contribution in [0.3, 0.4) is 0 Å². The van der Waals surface area contributed by atoms with Gasteiger partial charge in [-0.1, -0.05) is 18.1 Å². The molecule has 0 aliphatic carbocycles. The van der Waals surface area contributed by atoms with Crippen LogP contribution in [-0.4, -0.2) is 18.8 Å². The lowest BCUT2D eigenvalue weighted by atomic mass is 10.1. The number of aliphatic hydroxyl groups is 1. The van der Waals surface area contributed by atoms with Gasteiger partial charge in [0.2, 0.25) is 0 Å². The number of aliphatic hydroxyl groups excluding tert-OH is 1. The van der Waals surface area contributed by atoms with E-state index in [0.717, 1.165) is 22.6 Å². The first-order valence-corrected chi connectivity index (χ1v) is 7.38. The molecule has 120 valence electrons. The Morgan fingerprint density at radius 1 is 1.22 bits per heavy atom. The van der Waals surface area contributed by atoms with Crippen molar-refractivity contribution in [3.05, 3.63) is 53.6 Å². The van der Waals surface area contributed by atoms with Crippen LogP contribution in [0.4, 0.5) is 5.69 Å². The molecule has 0 saturated carbocycles. The summed E-state index contributed by atoms with van der Waals surface area (Å²) >= 11 is 0. The van der Waals surface area contributed by atoms with Crippen LogP contribution < -0.4 is 14.8 Å². The fourth-order valence-corrected chi connectivity index (χ4v) is 2.30. The molecule has 1 unspecified atom stereocenters. The van der Waals surface area contributed by atoms with E-state index in [4.69, 9.17) is 15.9 Å². The minimum Gasteiger partial charge on any atom is -0.496 e. The van der Waals surface area contributed by atoms with E-state index in [1.807, 2.05) is 42.5 Å². The van der Waals surface area contributed by atoms with E-state index in [-0.39, 0.29) is 19.3 Å². The molecule has 0 bridgehead atoms. The number of ether oxygens (including phenoxy) is 2. The first-order chi connectivity index (χ1) is 11.2. The van der Waals surface area contributed by atoms with Crippen molar-refractivity contribution in [2.75, 3.05) is 19.0 Å². The van der Waals surface area contributed by atoms with Crippen LogP contribution >= 0.6 is 0 Å². The highest BCUT2D eigenvalue weighted by Crippen LogP contribution is 2.26. The maximum atomic E-state index is 9.39. The molecule has 23 heavy (non-hydrogen) atoms. The Kier molecular flexibility index (Phi) is 5.90. The predicted octanol–water partition coefficient (Wildman–Crippen LogP) is 3.37. The summed E-state index contributed by atoms with van der Waals surface area (Å²) < 4.78 is 10.6. The van der Waals surface area contributed by atoms with Crippen LogP contribution in [-0.2, 0) is 6.61 Å². The number of nitrogens with one attached hydrogen (secondary N) is 1. The lowest BCUT2D eigenvalue weighted by molar-refractivity contribution is 0.274. The van der Waals surface area contributed by atoms with Gasteiger partial charge in [0, 0.05) is 17.3 Å². The molecule has 2 N–H and O–H groups in total. The second-order valence-corrected chi connectivity index (χ2v) is 5.11. The molecule has 4 heteroatoms. The zero-order chi connectivity index (χ0) is 16.7. The Morgan fingerprint density at radius 3 is 2.57 bits per heavy atom. The largest absolute Gasteiger partial charge is 0.496 e. The molecular formula is C19H21NO3. The highest BCUT2D eigenvalue weighted by atomic mass is 16.5. The van der Waals surface area contributed by atoms with Crippen LogP contribution in [0, 0.1) is 12.3 Å². The topological polar surface area (TPSA) is 50.7 Å². The summed E-state index contributed by atoms with van der Waals surface area (Å²) in [7, 11) is 1.59. The molecule has 4 nitrogen and oxygen atoms in total. The van der Waals surface area contributed by atoms with Gasteiger partial charge in [-0.05, 0) is 42.8 Å². The number of terminal acetylenes is 1. The van der Waals surface area contributed by atoms with Crippen molar-refractivity contribution in [1.29, 1.82) is 0 Å². The van der Waals surface area contributed by atoms with Crippen molar-refractivity contribution in [1.82, 2.24) is 0 Å². The fraction of sp³-hybridized carbons (Fsp3) is 0.263. The third kappa shape index (κ3) is 4.41. The summed E-state index contributed by atoms with van der Waals surface area (Å²) in [5.74, 6) is 3.88. The molecule has 0 heterocycles. The maximum Gasteiger partial charge on any atom is 0.148 e. The van der Waals surface area contributed by atoms with Gasteiger partial charge in [-0.25, -0.2) is 0 Å². The SMILES string of the molecule is C#CCOc1ccc(C(C)Nc2ccc(OC)c(CO)c2)cc1. The summed E-state index contributed by atoms with van der Waals surface area (Å²) in [5, 5.41) is 12.8. The van der Waals surface area contributed by atoms with E-state index in [0.29, 0.717) is 5.75 Å². The van der Waals surface area contributed by atoms with E-state index in [1.165, 1.54) is 0 Å². The zero-order valence-electron chi connectivity index (χ0n) is 13.4. The van der Waals surface area contributed by atoms with Gasteiger partial charge in [0.15, 0.2) is 0 Å². The maximum absolute atomic E-state index is 9.39. The molecule has 0 radical (unpaired) electrons. The van der Waals surface area contributed by atoms with Crippen LogP contribution in [0.5, 0.6) is 11.5 Å². The molecule has 2 aromatic carbocycles. The van der Waals surface area contributed by atoms with Crippen molar-refractivity contribution in [2.45, 2.75) is 19.6 Å². The molecule has 0 aromatic heterocycles. The number of benzene rings is 2. The van der Waals surface area contributed by atoms with Crippen LogP contribution in [0.2, 0.25) is 0 Å². The average Bonchev–Trinajstić information content (AvgIpc) is 2.60. The van der Waals surface area contributed by atoms with Gasteiger partial charge in [0.05, 0.1) is 13.7 Å². The van der Waals surface area contributed by atoms with Crippen LogP contribution in [0.25, 0.3) is 0 Å². The summed E-state index contributed by atoms with van der Waals surface area (Å²) in [6.07, 6.45) is 5.17. The standard InChI is InChI=1S/C19H21NO3/c1-4-11-23-18-8-5-15(6-9-18)14(2)20-17-7-10-19(22-3)16(12-17)13-21/h1,5-10,12,14,20-21H,11,13H2,2-3H3. The molecule has 1 atom stereocenters. The predicted molar refractivity (Wildman–Crippen MR) is 91.7 cm³/mol. The normalized spacial score (nSPS) is 11.4. The van der Waals surface area contributed by atoms with Crippen molar-refractivity contribution in [3.63, 3.8) is 0 Å². The monoisotopic (exact) mass is 311 g/mol. The van der Waals surface area contributed by atoms with Crippen molar-refractivity contribution in [3.8, 4) is 23.8 Å². The molecule has 0 amide bonds. The van der Waals surface area contributed by atoms with Gasteiger partial charge >= 0.3 is 0 Å². The molecule has 0 fully saturated rings. The van der Waals surface area contributed by atoms with Gasteiger partial charge < -0.3 is 19.9 Å². The fourth-order valence-electron chi connectivity index (χ4n) is 2.30. The molecule has 0 aliphatic rings. The Labute approximate surface area is 137 Å². The second-order valence-electron chi connectivity index (χ2n) is 5.11. The Morgan fingerprint density at radius 2 is 1.96 bits per heavy atom. The van der Waals surface area contributed by atoms with E-state index >= 15 is 0 Å². The van der Waals surface area contributed by atoms with Gasteiger partial charge in [0.25, 0.3) is 0 Å². The van der Waals surface area contributed by atoms with Crippen LogP contribution in [0.1, 0.15) is 24.1 Å². The van der Waals surface area contributed by atoms with E-state index in [2.05, 4.69) is 18.2 Å². The van der Waals surface area contributed by atoms with Gasteiger partial charge in [-0.15, -0.1) is 6.42 Å². The Balaban J connectivity index is 2.06. The minimum absolute atomic E-state index is 0.0612. The van der Waals surface area contributed by atoms with Crippen molar-refractivity contribution in [2.24, 2.45) is 0 Å². The van der Waals surface area contributed by atoms with E-state index in [1.54, 1.807) is 7.11 Å². The van der Waals surface area contributed by atoms with E-state index < -0.39 is 0 Å². The number of anilines is 1. The second kappa shape index (κ2) is 8.11. The van der Waals surface area contributed by atoms with E-state index in [9.17, 15) is 5.11 Å². The quantitative estimate of drug-likeness (QED) is 0.770. The average molecular weight is 311 g/mol. The molecule has 0 saturated heterocycles. The third-order valence-corrected chi connectivity index (χ3v) is 3.54. The molecular weight excluding hydrogens is 290 g/mol. The minimum atomic E-state index is -0.0612. The summed E-state index contributed by atoms with van der Waals surface area (Å²) in [6.45, 7) is 2.28. The lowest BCUT2D eigenvalue weighted by Gasteiger charge is -2.17.